The highest BCUT2D eigenvalue weighted by Crippen LogP contribution is 2.36. The fourth-order valence-corrected chi connectivity index (χ4v) is 3.57. The molecule has 5 heteroatoms. The first kappa shape index (κ1) is 19.4. The van der Waals surface area contributed by atoms with E-state index in [-0.39, 0.29) is 19.3 Å². The number of benzene rings is 2. The van der Waals surface area contributed by atoms with Gasteiger partial charge in [-0.1, -0.05) is 29.8 Å². The molecule has 1 aliphatic heterocycles. The van der Waals surface area contributed by atoms with Crippen LogP contribution >= 0.6 is 0 Å². The van der Waals surface area contributed by atoms with Crippen molar-refractivity contribution in [3.8, 4) is 5.75 Å². The Morgan fingerprint density at radius 3 is 2.56 bits per heavy atom. The summed E-state index contributed by atoms with van der Waals surface area (Å²) < 4.78 is 10.9. The third-order valence-electron chi connectivity index (χ3n) is 5.05. The number of carbonyl (C=O) groups excluding carboxylic acids is 1. The third-order valence-corrected chi connectivity index (χ3v) is 5.05. The van der Waals surface area contributed by atoms with E-state index in [0.29, 0.717) is 30.8 Å². The molecule has 0 saturated heterocycles. The van der Waals surface area contributed by atoms with Crippen molar-refractivity contribution in [1.82, 2.24) is 4.90 Å². The zero-order chi connectivity index (χ0) is 19.4. The van der Waals surface area contributed by atoms with Crippen LogP contribution in [0.3, 0.4) is 0 Å². The van der Waals surface area contributed by atoms with Gasteiger partial charge in [0, 0.05) is 31.4 Å². The standard InChI is InChI=1S/C22H27NO4/c1-15-4-6-17(7-5-15)8-10-23-13-20-19(22(23)25)12-16(2)18(9-11-24)21(20)27-14-26-3/h4-7,12,24H,8-11,13-14H2,1-3H3. The number of aryl methyl sites for hydroxylation is 2. The van der Waals surface area contributed by atoms with Gasteiger partial charge in [-0.05, 0) is 49.4 Å². The van der Waals surface area contributed by atoms with Gasteiger partial charge >= 0.3 is 0 Å². The van der Waals surface area contributed by atoms with Crippen molar-refractivity contribution in [1.29, 1.82) is 0 Å². The summed E-state index contributed by atoms with van der Waals surface area (Å²) in [5.74, 6) is 0.727. The molecule has 3 rings (SSSR count). The van der Waals surface area contributed by atoms with E-state index in [1.165, 1.54) is 11.1 Å². The maximum Gasteiger partial charge on any atom is 0.254 e. The summed E-state index contributed by atoms with van der Waals surface area (Å²) in [5.41, 5.74) is 5.95. The van der Waals surface area contributed by atoms with Gasteiger partial charge in [-0.25, -0.2) is 0 Å². The Balaban J connectivity index is 1.83. The average Bonchev–Trinajstić information content (AvgIpc) is 2.97. The van der Waals surface area contributed by atoms with Crippen LogP contribution in [0.15, 0.2) is 30.3 Å². The topological polar surface area (TPSA) is 59.0 Å². The second-order valence-corrected chi connectivity index (χ2v) is 7.01. The van der Waals surface area contributed by atoms with Gasteiger partial charge in [0.1, 0.15) is 5.75 Å². The van der Waals surface area contributed by atoms with Crippen LogP contribution in [0.5, 0.6) is 5.75 Å². The summed E-state index contributed by atoms with van der Waals surface area (Å²) in [6, 6.07) is 10.3. The second-order valence-electron chi connectivity index (χ2n) is 7.01. The maximum atomic E-state index is 12.9. The second kappa shape index (κ2) is 8.55. The van der Waals surface area contributed by atoms with E-state index in [0.717, 1.165) is 23.1 Å². The minimum Gasteiger partial charge on any atom is -0.467 e. The first-order chi connectivity index (χ1) is 13.0. The Morgan fingerprint density at radius 2 is 1.89 bits per heavy atom. The summed E-state index contributed by atoms with van der Waals surface area (Å²) in [6.07, 6.45) is 1.31. The molecule has 1 N–H and O–H groups in total. The quantitative estimate of drug-likeness (QED) is 0.727. The molecule has 0 atom stereocenters. The highest BCUT2D eigenvalue weighted by molar-refractivity contribution is 5.99. The molecule has 1 aliphatic rings. The number of amides is 1. The van der Waals surface area contributed by atoms with Crippen LogP contribution in [0.25, 0.3) is 0 Å². The molecule has 0 aromatic heterocycles. The fraction of sp³-hybridized carbons (Fsp3) is 0.409. The number of nitrogens with zero attached hydrogens (tertiary/aromatic N) is 1. The van der Waals surface area contributed by atoms with Crippen LogP contribution in [-0.4, -0.2) is 43.0 Å². The minimum absolute atomic E-state index is 0.0358. The molecule has 2 aromatic rings. The lowest BCUT2D eigenvalue weighted by atomic mass is 9.97. The van der Waals surface area contributed by atoms with Gasteiger partial charge in [-0.15, -0.1) is 0 Å². The molecule has 27 heavy (non-hydrogen) atoms. The van der Waals surface area contributed by atoms with E-state index in [9.17, 15) is 9.90 Å². The molecule has 2 aromatic carbocycles. The largest absolute Gasteiger partial charge is 0.467 e. The van der Waals surface area contributed by atoms with Crippen LogP contribution < -0.4 is 4.74 Å². The minimum atomic E-state index is 0.0358. The molecule has 0 spiro atoms. The van der Waals surface area contributed by atoms with Crippen LogP contribution in [0.2, 0.25) is 0 Å². The van der Waals surface area contributed by atoms with E-state index in [4.69, 9.17) is 9.47 Å². The summed E-state index contributed by atoms with van der Waals surface area (Å²) >= 11 is 0. The molecule has 0 fully saturated rings. The third kappa shape index (κ3) is 4.15. The smallest absolute Gasteiger partial charge is 0.254 e. The predicted octanol–water partition coefficient (Wildman–Crippen LogP) is 3.02. The Kier molecular flexibility index (Phi) is 6.14. The van der Waals surface area contributed by atoms with Crippen molar-refractivity contribution in [2.75, 3.05) is 27.1 Å². The summed E-state index contributed by atoms with van der Waals surface area (Å²) in [7, 11) is 1.57. The fourth-order valence-electron chi connectivity index (χ4n) is 3.57. The zero-order valence-electron chi connectivity index (χ0n) is 16.2. The van der Waals surface area contributed by atoms with Gasteiger partial charge < -0.3 is 19.5 Å². The molecule has 0 aliphatic carbocycles. The Hall–Kier alpha value is -2.37. The van der Waals surface area contributed by atoms with Crippen molar-refractivity contribution >= 4 is 5.91 Å². The van der Waals surface area contributed by atoms with Gasteiger partial charge in [-0.2, -0.15) is 0 Å². The van der Waals surface area contributed by atoms with Crippen molar-refractivity contribution in [3.63, 3.8) is 0 Å². The Morgan fingerprint density at radius 1 is 1.15 bits per heavy atom. The number of rotatable bonds is 8. The van der Waals surface area contributed by atoms with Crippen LogP contribution in [0.4, 0.5) is 0 Å². The molecule has 1 amide bonds. The number of hydrogen-bond donors (Lipinski definition) is 1. The van der Waals surface area contributed by atoms with E-state index in [1.54, 1.807) is 7.11 Å². The van der Waals surface area contributed by atoms with E-state index >= 15 is 0 Å². The first-order valence-corrected chi connectivity index (χ1v) is 9.28. The SMILES string of the molecule is COCOc1c(CCO)c(C)cc2c1CN(CCc1ccc(C)cc1)C2=O. The number of methoxy groups -OCH3 is 1. The maximum absolute atomic E-state index is 12.9. The number of aliphatic hydroxyl groups excluding tert-OH is 1. The Bertz CT molecular complexity index is 814. The average molecular weight is 369 g/mol. The van der Waals surface area contributed by atoms with E-state index in [1.807, 2.05) is 17.9 Å². The molecule has 0 radical (unpaired) electrons. The summed E-state index contributed by atoms with van der Waals surface area (Å²) in [6.45, 7) is 5.36. The number of fused-ring (bicyclic) bond motifs is 1. The zero-order valence-corrected chi connectivity index (χ0v) is 16.2. The Labute approximate surface area is 160 Å². The van der Waals surface area contributed by atoms with Gasteiger partial charge in [-0.3, -0.25) is 4.79 Å². The van der Waals surface area contributed by atoms with Crippen LogP contribution in [0, 0.1) is 13.8 Å². The van der Waals surface area contributed by atoms with Crippen molar-refractivity contribution in [2.45, 2.75) is 33.2 Å². The summed E-state index contributed by atoms with van der Waals surface area (Å²) in [5, 5.41) is 9.41. The van der Waals surface area contributed by atoms with Gasteiger partial charge in [0.2, 0.25) is 0 Å². The molecule has 0 unspecified atom stereocenters. The lowest BCUT2D eigenvalue weighted by Crippen LogP contribution is -2.26. The van der Waals surface area contributed by atoms with E-state index < -0.39 is 0 Å². The van der Waals surface area contributed by atoms with E-state index in [2.05, 4.69) is 31.2 Å². The van der Waals surface area contributed by atoms with Crippen molar-refractivity contribution in [3.05, 3.63) is 63.7 Å². The number of carbonyl (C=O) groups is 1. The lowest BCUT2D eigenvalue weighted by Gasteiger charge is -2.17. The normalized spacial score (nSPS) is 13.2. The molecule has 144 valence electrons. The molecule has 1 heterocycles. The van der Waals surface area contributed by atoms with Gasteiger partial charge in [0.25, 0.3) is 5.91 Å². The summed E-state index contributed by atoms with van der Waals surface area (Å²) in [4.78, 5) is 14.8. The van der Waals surface area contributed by atoms with Crippen molar-refractivity contribution in [2.24, 2.45) is 0 Å². The number of hydrogen-bond acceptors (Lipinski definition) is 4. The van der Waals surface area contributed by atoms with Crippen LogP contribution in [-0.2, 0) is 24.1 Å². The highest BCUT2D eigenvalue weighted by atomic mass is 16.7. The first-order valence-electron chi connectivity index (χ1n) is 9.28. The lowest BCUT2D eigenvalue weighted by molar-refractivity contribution is 0.0492. The molecule has 0 bridgehead atoms. The number of ether oxygens (including phenoxy) is 2. The molecule has 0 saturated carbocycles. The molecule has 5 nitrogen and oxygen atoms in total. The van der Waals surface area contributed by atoms with Gasteiger partial charge in [0.15, 0.2) is 6.79 Å². The molecular weight excluding hydrogens is 342 g/mol. The van der Waals surface area contributed by atoms with Gasteiger partial charge in [0.05, 0.1) is 6.54 Å². The van der Waals surface area contributed by atoms with Crippen molar-refractivity contribution < 1.29 is 19.4 Å². The highest BCUT2D eigenvalue weighted by Gasteiger charge is 2.32. The monoisotopic (exact) mass is 369 g/mol. The molecular formula is C22H27NO4. The predicted molar refractivity (Wildman–Crippen MR) is 104 cm³/mol. The van der Waals surface area contributed by atoms with Crippen LogP contribution in [0.1, 0.15) is 38.2 Å². The number of aliphatic hydroxyl groups is 1.